The number of hydrogen-bond donors (Lipinski definition) is 2. The van der Waals surface area contributed by atoms with Gasteiger partial charge in [0.1, 0.15) is 11.4 Å². The van der Waals surface area contributed by atoms with Gasteiger partial charge in [-0.3, -0.25) is 4.99 Å². The van der Waals surface area contributed by atoms with E-state index in [1.807, 2.05) is 0 Å². The Morgan fingerprint density at radius 3 is 2.67 bits per heavy atom. The van der Waals surface area contributed by atoms with Crippen molar-refractivity contribution in [3.8, 4) is 5.75 Å². The van der Waals surface area contributed by atoms with Crippen molar-refractivity contribution >= 4 is 35.5 Å². The van der Waals surface area contributed by atoms with Crippen molar-refractivity contribution < 1.29 is 9.63 Å². The Morgan fingerprint density at radius 2 is 2.14 bits per heavy atom. The Bertz CT molecular complexity index is 717. The summed E-state index contributed by atoms with van der Waals surface area (Å²) >= 11 is 5.92. The lowest BCUT2D eigenvalue weighted by atomic mass is 10.1. The normalized spacial score (nSPS) is 13.0. The number of nitrogens with two attached hydrogens (primary N) is 1. The molecular weight excluding hydrogens is 292 g/mol. The Labute approximate surface area is 126 Å². The van der Waals surface area contributed by atoms with Crippen molar-refractivity contribution in [1.29, 1.82) is 0 Å². The fraction of sp³-hybridized carbons (Fsp3) is 0.0714. The van der Waals surface area contributed by atoms with Gasteiger partial charge in [0.25, 0.3) is 0 Å². The number of aromatic nitrogens is 1. The minimum atomic E-state index is -0.0245. The summed E-state index contributed by atoms with van der Waals surface area (Å²) in [6, 6.07) is 6.29. The van der Waals surface area contributed by atoms with Gasteiger partial charge in [0, 0.05) is 11.6 Å². The highest BCUT2D eigenvalue weighted by atomic mass is 35.5. The van der Waals surface area contributed by atoms with E-state index in [0.29, 0.717) is 28.6 Å². The molecule has 0 saturated heterocycles. The Hall–Kier alpha value is -2.60. The number of benzene rings is 1. The largest absolute Gasteiger partial charge is 0.506 e. The first-order chi connectivity index (χ1) is 10.0. The zero-order valence-electron chi connectivity index (χ0n) is 11.2. The SMILES string of the molecule is C=N/C(=C(\N=C(C)N)c1ccno1)c1ccc(O)c(Cl)c1. The van der Waals surface area contributed by atoms with Crippen LogP contribution >= 0.6 is 11.6 Å². The van der Waals surface area contributed by atoms with E-state index in [-0.39, 0.29) is 10.8 Å². The topological polar surface area (TPSA) is 97.0 Å². The van der Waals surface area contributed by atoms with Crippen LogP contribution in [0.2, 0.25) is 5.02 Å². The smallest absolute Gasteiger partial charge is 0.187 e. The minimum Gasteiger partial charge on any atom is -0.506 e. The van der Waals surface area contributed by atoms with Crippen LogP contribution in [0.4, 0.5) is 0 Å². The molecule has 0 aliphatic rings. The summed E-state index contributed by atoms with van der Waals surface area (Å²) in [7, 11) is 0. The highest BCUT2D eigenvalue weighted by Gasteiger charge is 2.15. The first-order valence-electron chi connectivity index (χ1n) is 5.94. The molecule has 0 fully saturated rings. The second-order valence-electron chi connectivity index (χ2n) is 4.15. The third kappa shape index (κ3) is 3.29. The van der Waals surface area contributed by atoms with E-state index in [4.69, 9.17) is 21.9 Å². The van der Waals surface area contributed by atoms with E-state index in [9.17, 15) is 5.11 Å². The zero-order valence-corrected chi connectivity index (χ0v) is 12.0. The molecule has 108 valence electrons. The average Bonchev–Trinajstić information content (AvgIpc) is 2.96. The summed E-state index contributed by atoms with van der Waals surface area (Å²) in [5, 5.41) is 13.3. The minimum absolute atomic E-state index is 0.0245. The number of phenolic OH excluding ortho intramolecular Hbond substituents is 1. The van der Waals surface area contributed by atoms with Crippen molar-refractivity contribution in [3.05, 3.63) is 46.8 Å². The maximum absolute atomic E-state index is 9.50. The lowest BCUT2D eigenvalue weighted by molar-refractivity contribution is 0.410. The second-order valence-corrected chi connectivity index (χ2v) is 4.56. The van der Waals surface area contributed by atoms with Gasteiger partial charge < -0.3 is 15.4 Å². The molecule has 0 atom stereocenters. The number of aromatic hydroxyl groups is 1. The van der Waals surface area contributed by atoms with Crippen molar-refractivity contribution in [2.75, 3.05) is 0 Å². The molecule has 3 N–H and O–H groups in total. The average molecular weight is 305 g/mol. The number of halogens is 1. The zero-order chi connectivity index (χ0) is 15.4. The molecule has 0 saturated carbocycles. The van der Waals surface area contributed by atoms with Gasteiger partial charge in [-0.15, -0.1) is 0 Å². The Morgan fingerprint density at radius 1 is 1.38 bits per heavy atom. The molecule has 1 heterocycles. The maximum atomic E-state index is 9.50. The number of nitrogens with zero attached hydrogens (tertiary/aromatic N) is 3. The summed E-state index contributed by atoms with van der Waals surface area (Å²) in [5.41, 5.74) is 7.06. The van der Waals surface area contributed by atoms with Crippen LogP contribution in [-0.2, 0) is 0 Å². The molecular formula is C14H13ClN4O2. The Kier molecular flexibility index (Phi) is 4.39. The lowest BCUT2D eigenvalue weighted by Crippen LogP contribution is -2.05. The summed E-state index contributed by atoms with van der Waals surface area (Å²) in [4.78, 5) is 8.20. The maximum Gasteiger partial charge on any atom is 0.187 e. The quantitative estimate of drug-likeness (QED) is 0.670. The fourth-order valence-corrected chi connectivity index (χ4v) is 1.88. The van der Waals surface area contributed by atoms with E-state index in [0.717, 1.165) is 0 Å². The van der Waals surface area contributed by atoms with E-state index < -0.39 is 0 Å². The third-order valence-electron chi connectivity index (χ3n) is 2.56. The molecule has 2 rings (SSSR count). The van der Waals surface area contributed by atoms with Gasteiger partial charge in [0.2, 0.25) is 0 Å². The summed E-state index contributed by atoms with van der Waals surface area (Å²) < 4.78 is 5.11. The third-order valence-corrected chi connectivity index (χ3v) is 2.87. The number of hydrogen-bond acceptors (Lipinski definition) is 5. The van der Waals surface area contributed by atoms with E-state index >= 15 is 0 Å². The first-order valence-corrected chi connectivity index (χ1v) is 6.32. The van der Waals surface area contributed by atoms with Crippen LogP contribution in [0.3, 0.4) is 0 Å². The van der Waals surface area contributed by atoms with Crippen LogP contribution in [-0.4, -0.2) is 22.8 Å². The van der Waals surface area contributed by atoms with E-state index in [1.54, 1.807) is 25.1 Å². The second kappa shape index (κ2) is 6.23. The molecule has 0 unspecified atom stereocenters. The first kappa shape index (κ1) is 14.8. The van der Waals surface area contributed by atoms with Gasteiger partial charge in [-0.05, 0) is 31.8 Å². The molecule has 0 aliphatic heterocycles. The summed E-state index contributed by atoms with van der Waals surface area (Å²) in [5.74, 6) is 0.697. The molecule has 7 heteroatoms. The van der Waals surface area contributed by atoms with Crippen molar-refractivity contribution in [3.63, 3.8) is 0 Å². The summed E-state index contributed by atoms with van der Waals surface area (Å²) in [6.45, 7) is 5.18. The van der Waals surface area contributed by atoms with Crippen molar-refractivity contribution in [1.82, 2.24) is 5.16 Å². The number of amidine groups is 1. The van der Waals surface area contributed by atoms with Gasteiger partial charge in [0.15, 0.2) is 5.76 Å². The van der Waals surface area contributed by atoms with Gasteiger partial charge in [-0.1, -0.05) is 16.8 Å². The number of phenols is 1. The van der Waals surface area contributed by atoms with Crippen LogP contribution < -0.4 is 5.73 Å². The molecule has 1 aromatic heterocycles. The van der Waals surface area contributed by atoms with Crippen LogP contribution in [0.25, 0.3) is 11.4 Å². The number of aliphatic imine (C=N–C) groups is 2. The highest BCUT2D eigenvalue weighted by molar-refractivity contribution is 6.32. The Balaban J connectivity index is 2.69. The predicted molar refractivity (Wildman–Crippen MR) is 83.3 cm³/mol. The van der Waals surface area contributed by atoms with Crippen molar-refractivity contribution in [2.24, 2.45) is 15.7 Å². The number of rotatable bonds is 4. The van der Waals surface area contributed by atoms with Crippen molar-refractivity contribution in [2.45, 2.75) is 6.92 Å². The van der Waals surface area contributed by atoms with E-state index in [1.165, 1.54) is 12.3 Å². The fourth-order valence-electron chi connectivity index (χ4n) is 1.70. The van der Waals surface area contributed by atoms with Gasteiger partial charge >= 0.3 is 0 Å². The molecule has 0 bridgehead atoms. The molecule has 0 aliphatic carbocycles. The molecule has 1 aromatic carbocycles. The monoisotopic (exact) mass is 304 g/mol. The molecule has 0 amide bonds. The molecule has 2 aromatic rings. The van der Waals surface area contributed by atoms with Crippen LogP contribution in [0.5, 0.6) is 5.75 Å². The standard InChI is InChI=1S/C14H13ClN4O2/c1-8(16)19-14(12-5-6-18-21-12)13(17-2)9-3-4-11(20)10(15)7-9/h3-7,20H,2H2,1H3,(H2,16,19)/b14-13-. The van der Waals surface area contributed by atoms with Gasteiger partial charge in [0.05, 0.1) is 22.8 Å². The van der Waals surface area contributed by atoms with E-state index in [2.05, 4.69) is 21.9 Å². The van der Waals surface area contributed by atoms with Crippen LogP contribution in [0.1, 0.15) is 18.2 Å². The molecule has 0 radical (unpaired) electrons. The van der Waals surface area contributed by atoms with Crippen LogP contribution in [0.15, 0.2) is 45.0 Å². The predicted octanol–water partition coefficient (Wildman–Crippen LogP) is 2.94. The lowest BCUT2D eigenvalue weighted by Gasteiger charge is -2.07. The van der Waals surface area contributed by atoms with Crippen LogP contribution in [0, 0.1) is 0 Å². The van der Waals surface area contributed by atoms with Gasteiger partial charge in [-0.2, -0.15) is 0 Å². The summed E-state index contributed by atoms with van der Waals surface area (Å²) in [6.07, 6.45) is 1.49. The molecule has 6 nitrogen and oxygen atoms in total. The van der Waals surface area contributed by atoms with Gasteiger partial charge in [-0.25, -0.2) is 4.99 Å². The highest BCUT2D eigenvalue weighted by Crippen LogP contribution is 2.32. The molecule has 0 spiro atoms. The molecule has 21 heavy (non-hydrogen) atoms.